The fourth-order valence-corrected chi connectivity index (χ4v) is 2.86. The van der Waals surface area contributed by atoms with Crippen LogP contribution in [0.5, 0.6) is 0 Å². The zero-order chi connectivity index (χ0) is 15.6. The molecule has 0 aliphatic heterocycles. The molecule has 0 unspecified atom stereocenters. The number of aromatic nitrogens is 2. The third-order valence-electron chi connectivity index (χ3n) is 4.39. The molecule has 0 radical (unpaired) electrons. The SMILES string of the molecule is Cn1ccc(NC(=O)C2(Cc3ccccc3)CCC2)nc1=O. The molecule has 0 saturated heterocycles. The zero-order valence-corrected chi connectivity index (χ0v) is 12.6. The van der Waals surface area contributed by atoms with Gasteiger partial charge in [0, 0.05) is 13.2 Å². The molecule has 1 heterocycles. The average molecular weight is 297 g/mol. The van der Waals surface area contributed by atoms with Crippen LogP contribution in [0.2, 0.25) is 0 Å². The van der Waals surface area contributed by atoms with Crippen LogP contribution in [-0.4, -0.2) is 15.5 Å². The Morgan fingerprint density at radius 1 is 1.27 bits per heavy atom. The first-order valence-corrected chi connectivity index (χ1v) is 7.48. The van der Waals surface area contributed by atoms with Crippen molar-refractivity contribution in [3.8, 4) is 0 Å². The third kappa shape index (κ3) is 2.79. The van der Waals surface area contributed by atoms with Crippen LogP contribution in [-0.2, 0) is 18.3 Å². The number of benzene rings is 1. The quantitative estimate of drug-likeness (QED) is 0.940. The summed E-state index contributed by atoms with van der Waals surface area (Å²) in [5.41, 5.74) is 0.419. The second kappa shape index (κ2) is 5.75. The molecule has 1 aliphatic carbocycles. The molecule has 0 atom stereocenters. The number of anilines is 1. The molecule has 1 aromatic carbocycles. The van der Waals surface area contributed by atoms with Crippen molar-refractivity contribution < 1.29 is 4.79 Å². The maximum atomic E-state index is 12.7. The molecule has 1 saturated carbocycles. The van der Waals surface area contributed by atoms with Gasteiger partial charge in [0.2, 0.25) is 5.91 Å². The monoisotopic (exact) mass is 297 g/mol. The van der Waals surface area contributed by atoms with E-state index < -0.39 is 0 Å². The molecule has 1 amide bonds. The lowest BCUT2D eigenvalue weighted by Gasteiger charge is -2.40. The van der Waals surface area contributed by atoms with Gasteiger partial charge in [0.15, 0.2) is 0 Å². The number of aryl methyl sites for hydroxylation is 1. The Labute approximate surface area is 129 Å². The molecule has 0 spiro atoms. The van der Waals surface area contributed by atoms with Crippen LogP contribution in [0.25, 0.3) is 0 Å². The number of amides is 1. The number of carbonyl (C=O) groups excluding carboxylic acids is 1. The first-order valence-electron chi connectivity index (χ1n) is 7.48. The van der Waals surface area contributed by atoms with Gasteiger partial charge in [0.1, 0.15) is 5.82 Å². The van der Waals surface area contributed by atoms with E-state index in [9.17, 15) is 9.59 Å². The predicted octanol–water partition coefficient (Wildman–Crippen LogP) is 2.13. The van der Waals surface area contributed by atoms with Crippen LogP contribution in [0.1, 0.15) is 24.8 Å². The number of nitrogens with zero attached hydrogens (tertiary/aromatic N) is 2. The van der Waals surface area contributed by atoms with Crippen LogP contribution >= 0.6 is 0 Å². The molecule has 2 aromatic rings. The van der Waals surface area contributed by atoms with Gasteiger partial charge in [-0.05, 0) is 30.9 Å². The van der Waals surface area contributed by atoms with E-state index in [1.807, 2.05) is 30.3 Å². The molecule has 1 N–H and O–H groups in total. The van der Waals surface area contributed by atoms with E-state index >= 15 is 0 Å². The average Bonchev–Trinajstić information content (AvgIpc) is 2.48. The van der Waals surface area contributed by atoms with Crippen molar-refractivity contribution in [3.05, 3.63) is 58.6 Å². The number of hydrogen-bond acceptors (Lipinski definition) is 3. The lowest BCUT2D eigenvalue weighted by atomic mass is 9.64. The highest BCUT2D eigenvalue weighted by Gasteiger charge is 2.44. The van der Waals surface area contributed by atoms with Gasteiger partial charge in [-0.1, -0.05) is 36.8 Å². The zero-order valence-electron chi connectivity index (χ0n) is 12.6. The van der Waals surface area contributed by atoms with Crippen LogP contribution in [0.3, 0.4) is 0 Å². The predicted molar refractivity (Wildman–Crippen MR) is 84.5 cm³/mol. The summed E-state index contributed by atoms with van der Waals surface area (Å²) >= 11 is 0. The Morgan fingerprint density at radius 3 is 2.59 bits per heavy atom. The Morgan fingerprint density at radius 2 is 2.00 bits per heavy atom. The molecule has 22 heavy (non-hydrogen) atoms. The van der Waals surface area contributed by atoms with Crippen molar-refractivity contribution in [2.75, 3.05) is 5.32 Å². The van der Waals surface area contributed by atoms with Crippen LogP contribution < -0.4 is 11.0 Å². The highest BCUT2D eigenvalue weighted by atomic mass is 16.2. The second-order valence-corrected chi connectivity index (χ2v) is 5.96. The normalized spacial score (nSPS) is 15.9. The molecular formula is C17H19N3O2. The standard InChI is InChI=1S/C17H19N3O2/c1-20-11-8-14(19-16(20)22)18-15(21)17(9-5-10-17)12-13-6-3-2-4-7-13/h2-4,6-8,11H,5,9-10,12H2,1H3,(H,18,19,21,22). The molecular weight excluding hydrogens is 278 g/mol. The summed E-state index contributed by atoms with van der Waals surface area (Å²) in [7, 11) is 1.63. The largest absolute Gasteiger partial charge is 0.349 e. The van der Waals surface area contributed by atoms with Gasteiger partial charge in [0.25, 0.3) is 0 Å². The van der Waals surface area contributed by atoms with Gasteiger partial charge in [-0.3, -0.25) is 4.79 Å². The highest BCUT2D eigenvalue weighted by molar-refractivity contribution is 5.95. The number of nitrogens with one attached hydrogen (secondary N) is 1. The van der Waals surface area contributed by atoms with Crippen LogP contribution in [0.4, 0.5) is 5.82 Å². The van der Waals surface area contributed by atoms with Crippen molar-refractivity contribution in [2.24, 2.45) is 12.5 Å². The topological polar surface area (TPSA) is 64.0 Å². The Balaban J connectivity index is 1.77. The maximum absolute atomic E-state index is 12.7. The van der Waals surface area contributed by atoms with Crippen LogP contribution in [0.15, 0.2) is 47.4 Å². The van der Waals surface area contributed by atoms with Gasteiger partial charge in [-0.15, -0.1) is 0 Å². The minimum Gasteiger partial charge on any atom is -0.310 e. The Kier molecular flexibility index (Phi) is 3.79. The first kappa shape index (κ1) is 14.5. The van der Waals surface area contributed by atoms with E-state index in [-0.39, 0.29) is 17.0 Å². The number of hydrogen-bond donors (Lipinski definition) is 1. The third-order valence-corrected chi connectivity index (χ3v) is 4.39. The summed E-state index contributed by atoms with van der Waals surface area (Å²) in [6, 6.07) is 11.7. The number of carbonyl (C=O) groups is 1. The smallest absolute Gasteiger partial charge is 0.310 e. The molecule has 5 nitrogen and oxygen atoms in total. The van der Waals surface area contributed by atoms with Gasteiger partial charge >= 0.3 is 5.69 Å². The van der Waals surface area contributed by atoms with Crippen LogP contribution in [0, 0.1) is 5.41 Å². The molecule has 0 bridgehead atoms. The van der Waals surface area contributed by atoms with Crippen molar-refractivity contribution in [1.82, 2.24) is 9.55 Å². The second-order valence-electron chi connectivity index (χ2n) is 5.96. The van der Waals surface area contributed by atoms with E-state index in [1.165, 1.54) is 4.57 Å². The van der Waals surface area contributed by atoms with Gasteiger partial charge in [-0.2, -0.15) is 4.98 Å². The lowest BCUT2D eigenvalue weighted by molar-refractivity contribution is -0.130. The van der Waals surface area contributed by atoms with Gasteiger partial charge in [-0.25, -0.2) is 4.79 Å². The van der Waals surface area contributed by atoms with E-state index in [0.717, 1.165) is 31.2 Å². The van der Waals surface area contributed by atoms with E-state index in [4.69, 9.17) is 0 Å². The van der Waals surface area contributed by atoms with Gasteiger partial charge < -0.3 is 9.88 Å². The summed E-state index contributed by atoms with van der Waals surface area (Å²) < 4.78 is 1.37. The summed E-state index contributed by atoms with van der Waals surface area (Å²) in [5, 5.41) is 2.81. The fraction of sp³-hybridized carbons (Fsp3) is 0.353. The van der Waals surface area contributed by atoms with E-state index in [0.29, 0.717) is 5.82 Å². The molecule has 5 heteroatoms. The summed E-state index contributed by atoms with van der Waals surface area (Å²) in [4.78, 5) is 28.1. The molecule has 1 aliphatic rings. The Hall–Kier alpha value is -2.43. The minimum atomic E-state index is -0.372. The van der Waals surface area contributed by atoms with Gasteiger partial charge in [0.05, 0.1) is 5.41 Å². The summed E-state index contributed by atoms with van der Waals surface area (Å²) in [6.45, 7) is 0. The van der Waals surface area contributed by atoms with Crippen molar-refractivity contribution in [2.45, 2.75) is 25.7 Å². The molecule has 114 valence electrons. The lowest BCUT2D eigenvalue weighted by Crippen LogP contribution is -2.44. The highest BCUT2D eigenvalue weighted by Crippen LogP contribution is 2.44. The van der Waals surface area contributed by atoms with E-state index in [2.05, 4.69) is 10.3 Å². The molecule has 3 rings (SSSR count). The first-order chi connectivity index (χ1) is 10.6. The van der Waals surface area contributed by atoms with Crippen molar-refractivity contribution in [3.63, 3.8) is 0 Å². The fourth-order valence-electron chi connectivity index (χ4n) is 2.86. The Bertz CT molecular complexity index is 733. The maximum Gasteiger partial charge on any atom is 0.349 e. The van der Waals surface area contributed by atoms with Crippen molar-refractivity contribution in [1.29, 1.82) is 0 Å². The van der Waals surface area contributed by atoms with E-state index in [1.54, 1.807) is 19.3 Å². The molecule has 1 aromatic heterocycles. The number of rotatable bonds is 4. The summed E-state index contributed by atoms with van der Waals surface area (Å²) in [6.07, 6.45) is 5.14. The van der Waals surface area contributed by atoms with Crippen molar-refractivity contribution >= 4 is 11.7 Å². The summed E-state index contributed by atoms with van der Waals surface area (Å²) in [5.74, 6) is 0.288. The molecule has 1 fully saturated rings. The minimum absolute atomic E-state index is 0.0386.